The van der Waals surface area contributed by atoms with Crippen molar-refractivity contribution in [3.05, 3.63) is 34.3 Å². The first kappa shape index (κ1) is 12.3. The van der Waals surface area contributed by atoms with E-state index in [1.807, 2.05) is 6.92 Å². The summed E-state index contributed by atoms with van der Waals surface area (Å²) < 4.78 is 6.49. The highest BCUT2D eigenvalue weighted by Crippen LogP contribution is 2.28. The summed E-state index contributed by atoms with van der Waals surface area (Å²) in [4.78, 5) is 35.3. The van der Waals surface area contributed by atoms with Gasteiger partial charge in [0, 0.05) is 24.4 Å². The van der Waals surface area contributed by atoms with Crippen molar-refractivity contribution >= 4 is 17.9 Å². The first-order valence-corrected chi connectivity index (χ1v) is 5.58. The van der Waals surface area contributed by atoms with Gasteiger partial charge in [-0.1, -0.05) is 6.92 Å². The van der Waals surface area contributed by atoms with Gasteiger partial charge in [-0.15, -0.1) is 0 Å². The largest absolute Gasteiger partial charge is 0.492 e. The van der Waals surface area contributed by atoms with Crippen LogP contribution in [-0.2, 0) is 18.2 Å². The van der Waals surface area contributed by atoms with E-state index in [-0.39, 0.29) is 28.4 Å². The first-order valence-electron chi connectivity index (χ1n) is 5.58. The molecule has 0 saturated heterocycles. The van der Waals surface area contributed by atoms with Crippen LogP contribution in [0.2, 0.25) is 0 Å². The van der Waals surface area contributed by atoms with Gasteiger partial charge in [0.15, 0.2) is 12.0 Å². The van der Waals surface area contributed by atoms with E-state index in [1.54, 1.807) is 11.6 Å². The maximum Gasteiger partial charge on any atom is 0.230 e. The number of ether oxygens (including phenoxy) is 1. The smallest absolute Gasteiger partial charge is 0.230 e. The van der Waals surface area contributed by atoms with Gasteiger partial charge in [-0.05, 0) is 6.42 Å². The fourth-order valence-electron chi connectivity index (χ4n) is 2.36. The lowest BCUT2D eigenvalue weighted by Crippen LogP contribution is -2.19. The molecule has 94 valence electrons. The predicted molar refractivity (Wildman–Crippen MR) is 63.9 cm³/mol. The summed E-state index contributed by atoms with van der Waals surface area (Å²) in [7, 11) is 3.01. The molecule has 2 rings (SSSR count). The number of Topliss-reactive ketones (excluding diaryl/α,β-unsaturated/α-hetero) is 1. The van der Waals surface area contributed by atoms with Crippen LogP contribution in [-0.4, -0.2) is 29.5 Å². The van der Waals surface area contributed by atoms with Gasteiger partial charge in [0.2, 0.25) is 11.6 Å². The highest BCUT2D eigenvalue weighted by Gasteiger charge is 2.34. The van der Waals surface area contributed by atoms with Crippen LogP contribution >= 0.6 is 0 Å². The normalized spacial score (nSPS) is 14.3. The number of aldehydes is 1. The number of carbonyl (C=O) groups is 3. The fourth-order valence-corrected chi connectivity index (χ4v) is 2.36. The monoisotopic (exact) mass is 247 g/mol. The van der Waals surface area contributed by atoms with Crippen LogP contribution in [0.3, 0.4) is 0 Å². The quantitative estimate of drug-likeness (QED) is 0.755. The Hall–Kier alpha value is -2.17. The highest BCUT2D eigenvalue weighted by molar-refractivity contribution is 6.25. The minimum absolute atomic E-state index is 0.0242. The molecule has 0 bridgehead atoms. The molecule has 0 aliphatic heterocycles. The van der Waals surface area contributed by atoms with Gasteiger partial charge in [0.25, 0.3) is 0 Å². The Morgan fingerprint density at radius 3 is 2.56 bits per heavy atom. The lowest BCUT2D eigenvalue weighted by atomic mass is 9.96. The van der Waals surface area contributed by atoms with Crippen molar-refractivity contribution in [2.24, 2.45) is 7.05 Å². The number of hydrogen-bond donors (Lipinski definition) is 0. The molecule has 0 radical (unpaired) electrons. The van der Waals surface area contributed by atoms with Crippen LogP contribution in [0.1, 0.15) is 43.8 Å². The number of rotatable bonds is 3. The van der Waals surface area contributed by atoms with Crippen molar-refractivity contribution in [1.29, 1.82) is 0 Å². The molecule has 5 nitrogen and oxygen atoms in total. The van der Waals surface area contributed by atoms with Gasteiger partial charge in [0.1, 0.15) is 5.69 Å². The number of fused-ring (bicyclic) bond motifs is 1. The van der Waals surface area contributed by atoms with Gasteiger partial charge in [0.05, 0.1) is 12.7 Å². The Morgan fingerprint density at radius 2 is 2.06 bits per heavy atom. The Morgan fingerprint density at radius 1 is 1.39 bits per heavy atom. The molecule has 0 N–H and O–H groups in total. The molecule has 1 aliphatic rings. The van der Waals surface area contributed by atoms with Crippen LogP contribution in [0.4, 0.5) is 0 Å². The van der Waals surface area contributed by atoms with Crippen LogP contribution in [0.25, 0.3) is 0 Å². The summed E-state index contributed by atoms with van der Waals surface area (Å²) >= 11 is 0. The number of allylic oxidation sites excluding steroid dienone is 2. The van der Waals surface area contributed by atoms with Gasteiger partial charge < -0.3 is 9.30 Å². The van der Waals surface area contributed by atoms with Crippen molar-refractivity contribution < 1.29 is 19.1 Å². The van der Waals surface area contributed by atoms with Gasteiger partial charge in [-0.2, -0.15) is 0 Å². The molecule has 1 aliphatic carbocycles. The lowest BCUT2D eigenvalue weighted by molar-refractivity contribution is 0.0911. The average Bonchev–Trinajstić information content (AvgIpc) is 2.66. The summed E-state index contributed by atoms with van der Waals surface area (Å²) in [5.74, 6) is -0.750. The molecule has 0 fully saturated rings. The van der Waals surface area contributed by atoms with E-state index in [9.17, 15) is 14.4 Å². The molecule has 1 aromatic rings. The van der Waals surface area contributed by atoms with E-state index in [4.69, 9.17) is 4.74 Å². The zero-order chi connectivity index (χ0) is 13.4. The van der Waals surface area contributed by atoms with Crippen LogP contribution < -0.4 is 0 Å². The first-order chi connectivity index (χ1) is 8.56. The Kier molecular flexibility index (Phi) is 2.90. The molecule has 0 aromatic carbocycles. The standard InChI is InChI=1S/C13H13NO4/c1-4-8-7(6-15)11-12(14(8)2)9(16)5-10(18-3)13(11)17/h5-6H,4H2,1-3H3. The predicted octanol–water partition coefficient (Wildman–Crippen LogP) is 1.31. The summed E-state index contributed by atoms with van der Waals surface area (Å²) in [5, 5.41) is 0. The van der Waals surface area contributed by atoms with E-state index in [2.05, 4.69) is 0 Å². The molecule has 0 saturated carbocycles. The number of aromatic nitrogens is 1. The average molecular weight is 247 g/mol. The van der Waals surface area contributed by atoms with Crippen LogP contribution in [0.15, 0.2) is 11.8 Å². The van der Waals surface area contributed by atoms with Crippen molar-refractivity contribution in [2.45, 2.75) is 13.3 Å². The molecule has 0 atom stereocenters. The Balaban J connectivity index is 2.80. The van der Waals surface area contributed by atoms with Crippen molar-refractivity contribution in [1.82, 2.24) is 4.57 Å². The van der Waals surface area contributed by atoms with E-state index in [0.29, 0.717) is 18.4 Å². The van der Waals surface area contributed by atoms with E-state index in [0.717, 1.165) is 0 Å². The number of nitrogens with zero attached hydrogens (tertiary/aromatic N) is 1. The summed E-state index contributed by atoms with van der Waals surface area (Å²) in [6.45, 7) is 1.87. The highest BCUT2D eigenvalue weighted by atomic mass is 16.5. The zero-order valence-corrected chi connectivity index (χ0v) is 10.4. The van der Waals surface area contributed by atoms with Crippen molar-refractivity contribution in [2.75, 3.05) is 7.11 Å². The number of methoxy groups -OCH3 is 1. The third-order valence-corrected chi connectivity index (χ3v) is 3.18. The maximum absolute atomic E-state index is 12.1. The topological polar surface area (TPSA) is 65.4 Å². The van der Waals surface area contributed by atoms with Crippen molar-refractivity contribution in [3.63, 3.8) is 0 Å². The number of ketones is 2. The van der Waals surface area contributed by atoms with Crippen molar-refractivity contribution in [3.8, 4) is 0 Å². The minimum Gasteiger partial charge on any atom is -0.492 e. The minimum atomic E-state index is -0.412. The number of hydrogen-bond acceptors (Lipinski definition) is 4. The van der Waals surface area contributed by atoms with Gasteiger partial charge in [-0.25, -0.2) is 0 Å². The number of carbonyl (C=O) groups excluding carboxylic acids is 3. The Bertz CT molecular complexity index is 593. The molecular formula is C13H13NO4. The molecule has 0 amide bonds. The summed E-state index contributed by atoms with van der Waals surface area (Å²) in [6, 6.07) is 0. The fraction of sp³-hybridized carbons (Fsp3) is 0.308. The molecule has 0 spiro atoms. The molecule has 18 heavy (non-hydrogen) atoms. The third kappa shape index (κ3) is 1.44. The van der Waals surface area contributed by atoms with Gasteiger partial charge >= 0.3 is 0 Å². The molecular weight excluding hydrogens is 234 g/mol. The lowest BCUT2D eigenvalue weighted by Gasteiger charge is -2.12. The second kappa shape index (κ2) is 4.25. The van der Waals surface area contributed by atoms with E-state index < -0.39 is 5.78 Å². The van der Waals surface area contributed by atoms with E-state index in [1.165, 1.54) is 13.2 Å². The summed E-state index contributed by atoms with van der Waals surface area (Å²) in [6.07, 6.45) is 2.36. The zero-order valence-electron chi connectivity index (χ0n) is 10.4. The van der Waals surface area contributed by atoms with Gasteiger partial charge in [-0.3, -0.25) is 14.4 Å². The molecule has 5 heteroatoms. The molecule has 0 unspecified atom stereocenters. The van der Waals surface area contributed by atoms with E-state index >= 15 is 0 Å². The maximum atomic E-state index is 12.1. The van der Waals surface area contributed by atoms with Crippen LogP contribution in [0, 0.1) is 0 Å². The second-order valence-corrected chi connectivity index (χ2v) is 4.02. The molecule has 1 heterocycles. The Labute approximate surface area is 104 Å². The third-order valence-electron chi connectivity index (χ3n) is 3.18. The SMILES string of the molecule is CCc1c(C=O)c2c(n1C)C(=O)C=C(OC)C2=O. The second-order valence-electron chi connectivity index (χ2n) is 4.02. The molecule has 1 aromatic heterocycles. The summed E-state index contributed by atoms with van der Waals surface area (Å²) in [5.41, 5.74) is 1.40. The van der Waals surface area contributed by atoms with Crippen LogP contribution in [0.5, 0.6) is 0 Å².